The average Bonchev–Trinajstić information content (AvgIpc) is 3.08. The summed E-state index contributed by atoms with van der Waals surface area (Å²) < 4.78 is 5.86. The lowest BCUT2D eigenvalue weighted by atomic mass is 10.1. The van der Waals surface area contributed by atoms with Crippen molar-refractivity contribution in [3.8, 4) is 5.75 Å². The molecule has 0 spiro atoms. The highest BCUT2D eigenvalue weighted by atomic mass is 35.5. The largest absolute Gasteiger partial charge is 0.488 e. The van der Waals surface area contributed by atoms with Crippen LogP contribution in [0.1, 0.15) is 39.6 Å². The van der Waals surface area contributed by atoms with Gasteiger partial charge in [-0.25, -0.2) is 4.98 Å². The minimum atomic E-state index is -0.185. The second-order valence-electron chi connectivity index (χ2n) is 5.90. The number of aryl methyl sites for hydroxylation is 1. The van der Waals surface area contributed by atoms with Gasteiger partial charge in [0.1, 0.15) is 12.4 Å². The number of benzene rings is 2. The third-order valence-corrected chi connectivity index (χ3v) is 4.91. The molecular weight excluding hydrogens is 368 g/mol. The summed E-state index contributed by atoms with van der Waals surface area (Å²) in [6, 6.07) is 14.5. The van der Waals surface area contributed by atoms with Crippen LogP contribution in [0.4, 0.5) is 0 Å². The Morgan fingerprint density at radius 3 is 2.65 bits per heavy atom. The van der Waals surface area contributed by atoms with E-state index in [-0.39, 0.29) is 11.9 Å². The van der Waals surface area contributed by atoms with Crippen LogP contribution in [0.15, 0.2) is 53.9 Å². The van der Waals surface area contributed by atoms with Gasteiger partial charge in [0.05, 0.1) is 22.3 Å². The zero-order chi connectivity index (χ0) is 18.5. The Morgan fingerprint density at radius 1 is 1.23 bits per heavy atom. The van der Waals surface area contributed by atoms with Crippen LogP contribution in [0, 0.1) is 6.92 Å². The summed E-state index contributed by atoms with van der Waals surface area (Å²) in [5, 5.41) is 6.60. The van der Waals surface area contributed by atoms with Crippen LogP contribution in [0.3, 0.4) is 0 Å². The van der Waals surface area contributed by atoms with Crippen molar-refractivity contribution in [3.63, 3.8) is 0 Å². The van der Waals surface area contributed by atoms with E-state index in [0.29, 0.717) is 22.9 Å². The Bertz CT molecular complexity index is 893. The fourth-order valence-electron chi connectivity index (χ4n) is 2.45. The van der Waals surface area contributed by atoms with E-state index < -0.39 is 0 Å². The molecular formula is C20H19ClN2O2S. The van der Waals surface area contributed by atoms with E-state index in [0.717, 1.165) is 16.3 Å². The summed E-state index contributed by atoms with van der Waals surface area (Å²) in [5.74, 6) is 0.358. The molecule has 3 aromatic rings. The van der Waals surface area contributed by atoms with Crippen LogP contribution in [-0.4, -0.2) is 10.9 Å². The predicted molar refractivity (Wildman–Crippen MR) is 105 cm³/mol. The maximum absolute atomic E-state index is 12.7. The first-order chi connectivity index (χ1) is 12.5. The summed E-state index contributed by atoms with van der Waals surface area (Å²) in [6.45, 7) is 4.23. The van der Waals surface area contributed by atoms with Crippen molar-refractivity contribution in [3.05, 3.63) is 80.8 Å². The van der Waals surface area contributed by atoms with E-state index in [1.807, 2.05) is 55.6 Å². The second-order valence-corrected chi connectivity index (χ2v) is 7.40. The van der Waals surface area contributed by atoms with Crippen LogP contribution in [-0.2, 0) is 6.61 Å². The smallest absolute Gasteiger partial charge is 0.255 e. The first-order valence-corrected chi connectivity index (χ1v) is 9.48. The Balaban J connectivity index is 1.69. The van der Waals surface area contributed by atoms with E-state index >= 15 is 0 Å². The number of hydrogen-bond donors (Lipinski definition) is 1. The molecule has 2 aromatic carbocycles. The number of nitrogens with zero attached hydrogens (tertiary/aromatic N) is 1. The molecule has 0 aliphatic rings. The third kappa shape index (κ3) is 4.62. The van der Waals surface area contributed by atoms with E-state index in [9.17, 15) is 4.79 Å². The first kappa shape index (κ1) is 18.4. The number of amides is 1. The van der Waals surface area contributed by atoms with Gasteiger partial charge in [-0.3, -0.25) is 4.79 Å². The molecule has 6 heteroatoms. The van der Waals surface area contributed by atoms with Crippen molar-refractivity contribution in [2.75, 3.05) is 0 Å². The highest BCUT2D eigenvalue weighted by molar-refractivity contribution is 7.09. The molecule has 0 aliphatic carbocycles. The van der Waals surface area contributed by atoms with Gasteiger partial charge in [-0.05, 0) is 43.7 Å². The lowest BCUT2D eigenvalue weighted by molar-refractivity contribution is 0.0934. The standard InChI is InChI=1S/C20H19ClN2O2S/c1-13(18-12-26-14(2)23-18)22-20(24)17-5-3-4-6-19(17)25-11-15-7-9-16(21)10-8-15/h3-10,12-13H,11H2,1-2H3,(H,22,24). The minimum Gasteiger partial charge on any atom is -0.488 e. The lowest BCUT2D eigenvalue weighted by Gasteiger charge is -2.15. The van der Waals surface area contributed by atoms with Crippen molar-refractivity contribution in [1.29, 1.82) is 0 Å². The number of rotatable bonds is 6. The van der Waals surface area contributed by atoms with Gasteiger partial charge in [-0.1, -0.05) is 35.9 Å². The van der Waals surface area contributed by atoms with Crippen molar-refractivity contribution in [2.24, 2.45) is 0 Å². The SMILES string of the molecule is Cc1nc(C(C)NC(=O)c2ccccc2OCc2ccc(Cl)cc2)cs1. The first-order valence-electron chi connectivity index (χ1n) is 8.22. The average molecular weight is 387 g/mol. The summed E-state index contributed by atoms with van der Waals surface area (Å²) in [7, 11) is 0. The zero-order valence-electron chi connectivity index (χ0n) is 14.5. The summed E-state index contributed by atoms with van der Waals surface area (Å²) in [5.41, 5.74) is 2.34. The van der Waals surface area contributed by atoms with Gasteiger partial charge >= 0.3 is 0 Å². The van der Waals surface area contributed by atoms with Crippen LogP contribution in [0.2, 0.25) is 5.02 Å². The van der Waals surface area contributed by atoms with Gasteiger partial charge in [-0.15, -0.1) is 11.3 Å². The molecule has 26 heavy (non-hydrogen) atoms. The molecule has 0 bridgehead atoms. The molecule has 0 saturated heterocycles. The minimum absolute atomic E-state index is 0.170. The summed E-state index contributed by atoms with van der Waals surface area (Å²) in [6.07, 6.45) is 0. The normalized spacial score (nSPS) is 11.8. The monoisotopic (exact) mass is 386 g/mol. The van der Waals surface area contributed by atoms with Gasteiger partial charge in [-0.2, -0.15) is 0 Å². The number of para-hydroxylation sites is 1. The second kappa shape index (κ2) is 8.34. The number of thiazole rings is 1. The topological polar surface area (TPSA) is 51.2 Å². The number of nitrogens with one attached hydrogen (secondary N) is 1. The molecule has 0 saturated carbocycles. The Labute approximate surface area is 161 Å². The number of hydrogen-bond acceptors (Lipinski definition) is 4. The number of aromatic nitrogens is 1. The van der Waals surface area contributed by atoms with Crippen LogP contribution < -0.4 is 10.1 Å². The number of carbonyl (C=O) groups is 1. The Hall–Kier alpha value is -2.37. The molecule has 1 N–H and O–H groups in total. The summed E-state index contributed by atoms with van der Waals surface area (Å²) in [4.78, 5) is 17.1. The molecule has 0 radical (unpaired) electrons. The number of halogens is 1. The molecule has 0 aliphatic heterocycles. The van der Waals surface area contributed by atoms with Crippen LogP contribution in [0.25, 0.3) is 0 Å². The van der Waals surface area contributed by atoms with Gasteiger partial charge < -0.3 is 10.1 Å². The number of ether oxygens (including phenoxy) is 1. The molecule has 0 fully saturated rings. The molecule has 1 aromatic heterocycles. The van der Waals surface area contributed by atoms with Gasteiger partial charge in [0, 0.05) is 10.4 Å². The van der Waals surface area contributed by atoms with E-state index in [1.54, 1.807) is 23.5 Å². The molecule has 1 heterocycles. The summed E-state index contributed by atoms with van der Waals surface area (Å²) >= 11 is 7.47. The molecule has 4 nitrogen and oxygen atoms in total. The van der Waals surface area contributed by atoms with Crippen molar-refractivity contribution in [1.82, 2.24) is 10.3 Å². The van der Waals surface area contributed by atoms with Gasteiger partial charge in [0.15, 0.2) is 0 Å². The van der Waals surface area contributed by atoms with Crippen molar-refractivity contribution < 1.29 is 9.53 Å². The Morgan fingerprint density at radius 2 is 1.96 bits per heavy atom. The van der Waals surface area contributed by atoms with Gasteiger partial charge in [0.2, 0.25) is 0 Å². The fraction of sp³-hybridized carbons (Fsp3) is 0.200. The molecule has 3 rings (SSSR count). The van der Waals surface area contributed by atoms with E-state index in [4.69, 9.17) is 16.3 Å². The molecule has 1 atom stereocenters. The van der Waals surface area contributed by atoms with E-state index in [1.165, 1.54) is 0 Å². The quantitative estimate of drug-likeness (QED) is 0.635. The van der Waals surface area contributed by atoms with Crippen LogP contribution >= 0.6 is 22.9 Å². The maximum atomic E-state index is 12.7. The zero-order valence-corrected chi connectivity index (χ0v) is 16.1. The van der Waals surface area contributed by atoms with Gasteiger partial charge in [0.25, 0.3) is 5.91 Å². The fourth-order valence-corrected chi connectivity index (χ4v) is 3.28. The third-order valence-electron chi connectivity index (χ3n) is 3.87. The van der Waals surface area contributed by atoms with Crippen LogP contribution in [0.5, 0.6) is 5.75 Å². The molecule has 134 valence electrons. The predicted octanol–water partition coefficient (Wildman–Crippen LogP) is 5.17. The number of carbonyl (C=O) groups excluding carboxylic acids is 1. The maximum Gasteiger partial charge on any atom is 0.255 e. The highest BCUT2D eigenvalue weighted by Crippen LogP contribution is 2.22. The van der Waals surface area contributed by atoms with E-state index in [2.05, 4.69) is 10.3 Å². The van der Waals surface area contributed by atoms with Crippen molar-refractivity contribution >= 4 is 28.8 Å². The molecule has 1 amide bonds. The Kier molecular flexibility index (Phi) is 5.91. The lowest BCUT2D eigenvalue weighted by Crippen LogP contribution is -2.27. The molecule has 1 unspecified atom stereocenters. The van der Waals surface area contributed by atoms with Crippen molar-refractivity contribution in [2.45, 2.75) is 26.5 Å². The highest BCUT2D eigenvalue weighted by Gasteiger charge is 2.17.